The van der Waals surface area contributed by atoms with Crippen molar-refractivity contribution in [3.05, 3.63) is 0 Å². The molecular weight excluding hydrogens is 260 g/mol. The van der Waals surface area contributed by atoms with Crippen molar-refractivity contribution in [3.63, 3.8) is 0 Å². The van der Waals surface area contributed by atoms with Crippen LogP contribution in [0.3, 0.4) is 0 Å². The number of rotatable bonds is 4. The van der Waals surface area contributed by atoms with Crippen molar-refractivity contribution < 1.29 is 0 Å². The zero-order valence-corrected chi connectivity index (χ0v) is 14.0. The van der Waals surface area contributed by atoms with Gasteiger partial charge in [0.1, 0.15) is 0 Å². The fraction of sp³-hybridized carbons (Fsp3) is 1.00. The highest BCUT2D eigenvalue weighted by molar-refractivity contribution is 5.01. The summed E-state index contributed by atoms with van der Waals surface area (Å²) >= 11 is 0. The molecule has 4 bridgehead atoms. The largest absolute Gasteiger partial charge is 0.300 e. The summed E-state index contributed by atoms with van der Waals surface area (Å²) in [6.07, 6.45) is 2.77. The Morgan fingerprint density at radius 3 is 2.43 bits per heavy atom. The Balaban J connectivity index is 1.37. The van der Waals surface area contributed by atoms with Crippen LogP contribution in [0.25, 0.3) is 0 Å². The van der Waals surface area contributed by atoms with Gasteiger partial charge in [0.2, 0.25) is 0 Å². The van der Waals surface area contributed by atoms with E-state index in [-0.39, 0.29) is 0 Å². The van der Waals surface area contributed by atoms with E-state index >= 15 is 0 Å². The minimum Gasteiger partial charge on any atom is -0.300 e. The number of fused-ring (bicyclic) bond motifs is 4. The van der Waals surface area contributed by atoms with Crippen LogP contribution in [-0.4, -0.2) is 95.6 Å². The van der Waals surface area contributed by atoms with Crippen LogP contribution < -0.4 is 0 Å². The molecule has 0 aromatic heterocycles. The topological polar surface area (TPSA) is 13.0 Å². The molecule has 0 radical (unpaired) electrons. The first-order valence-electron chi connectivity index (χ1n) is 9.09. The lowest BCUT2D eigenvalue weighted by atomic mass is 9.91. The standard InChI is InChI=1S/C17H32N4/c1-13(2)21-12-16(19-10-17(21)11-19)8-14(3)20-7-6-18-5-4-15(20)9-18/h13-17H,4-12H2,1-3H3/t14-,15?,16?/m1/s1. The lowest BCUT2D eigenvalue weighted by Gasteiger charge is -2.58. The van der Waals surface area contributed by atoms with E-state index in [4.69, 9.17) is 0 Å². The van der Waals surface area contributed by atoms with Crippen LogP contribution in [0.1, 0.15) is 33.6 Å². The minimum atomic E-state index is 0.716. The zero-order valence-electron chi connectivity index (χ0n) is 14.0. The molecule has 4 heteroatoms. The van der Waals surface area contributed by atoms with E-state index in [1.165, 1.54) is 58.7 Å². The van der Waals surface area contributed by atoms with Crippen molar-refractivity contribution in [2.75, 3.05) is 45.8 Å². The van der Waals surface area contributed by atoms with Crippen molar-refractivity contribution in [2.24, 2.45) is 0 Å². The Labute approximate surface area is 130 Å². The van der Waals surface area contributed by atoms with Gasteiger partial charge in [0.25, 0.3) is 0 Å². The highest BCUT2D eigenvalue weighted by atomic mass is 15.4. The lowest BCUT2D eigenvalue weighted by molar-refractivity contribution is -0.0890. The maximum Gasteiger partial charge on any atom is 0.0354 e. The van der Waals surface area contributed by atoms with Gasteiger partial charge in [0.05, 0.1) is 0 Å². The molecular formula is C17H32N4. The van der Waals surface area contributed by atoms with Crippen molar-refractivity contribution in [1.29, 1.82) is 0 Å². The molecule has 0 aromatic carbocycles. The Hall–Kier alpha value is -0.160. The third-order valence-corrected chi connectivity index (χ3v) is 6.53. The van der Waals surface area contributed by atoms with E-state index in [0.29, 0.717) is 6.04 Å². The molecule has 5 heterocycles. The van der Waals surface area contributed by atoms with Crippen LogP contribution in [0.4, 0.5) is 0 Å². The van der Waals surface area contributed by atoms with Gasteiger partial charge < -0.3 is 4.90 Å². The highest BCUT2D eigenvalue weighted by Crippen LogP contribution is 2.31. The molecule has 0 amide bonds. The van der Waals surface area contributed by atoms with Crippen LogP contribution in [-0.2, 0) is 0 Å². The summed E-state index contributed by atoms with van der Waals surface area (Å²) in [7, 11) is 0. The third kappa shape index (κ3) is 2.54. The summed E-state index contributed by atoms with van der Waals surface area (Å²) in [6.45, 7) is 16.4. The molecule has 0 aromatic rings. The van der Waals surface area contributed by atoms with E-state index in [1.54, 1.807) is 0 Å². The van der Waals surface area contributed by atoms with Gasteiger partial charge in [-0.15, -0.1) is 0 Å². The van der Waals surface area contributed by atoms with Gasteiger partial charge in [-0.05, 0) is 40.2 Å². The summed E-state index contributed by atoms with van der Waals surface area (Å²) in [4.78, 5) is 11.0. The molecule has 0 aliphatic carbocycles. The molecule has 4 nitrogen and oxygen atoms in total. The van der Waals surface area contributed by atoms with Crippen molar-refractivity contribution >= 4 is 0 Å². The number of nitrogens with zero attached hydrogens (tertiary/aromatic N) is 4. The van der Waals surface area contributed by atoms with Crippen LogP contribution in [0.5, 0.6) is 0 Å². The molecule has 5 aliphatic heterocycles. The molecule has 5 fully saturated rings. The van der Waals surface area contributed by atoms with Crippen molar-refractivity contribution in [3.8, 4) is 0 Å². The van der Waals surface area contributed by atoms with Gasteiger partial charge in [-0.3, -0.25) is 14.7 Å². The fourth-order valence-electron chi connectivity index (χ4n) is 5.19. The predicted octanol–water partition coefficient (Wildman–Crippen LogP) is 0.932. The molecule has 21 heavy (non-hydrogen) atoms. The second-order valence-corrected chi connectivity index (χ2v) is 8.12. The fourth-order valence-corrected chi connectivity index (χ4v) is 5.19. The minimum absolute atomic E-state index is 0.716. The summed E-state index contributed by atoms with van der Waals surface area (Å²) in [5, 5.41) is 0. The molecule has 5 saturated heterocycles. The summed E-state index contributed by atoms with van der Waals surface area (Å²) in [5.41, 5.74) is 0. The molecule has 0 saturated carbocycles. The number of hydrogen-bond donors (Lipinski definition) is 0. The smallest absolute Gasteiger partial charge is 0.0354 e. The van der Waals surface area contributed by atoms with E-state index in [0.717, 1.165) is 24.2 Å². The number of hydrogen-bond acceptors (Lipinski definition) is 4. The first kappa shape index (κ1) is 14.4. The predicted molar refractivity (Wildman–Crippen MR) is 86.6 cm³/mol. The average molecular weight is 292 g/mol. The summed E-state index contributed by atoms with van der Waals surface area (Å²) < 4.78 is 0. The van der Waals surface area contributed by atoms with Gasteiger partial charge in [-0.25, -0.2) is 0 Å². The zero-order chi connectivity index (χ0) is 14.6. The van der Waals surface area contributed by atoms with Crippen LogP contribution in [0.2, 0.25) is 0 Å². The highest BCUT2D eigenvalue weighted by Gasteiger charge is 2.44. The Bertz CT molecular complexity index is 379. The Morgan fingerprint density at radius 1 is 0.857 bits per heavy atom. The Morgan fingerprint density at radius 2 is 1.67 bits per heavy atom. The SMILES string of the molecule is CC(C)N1CC(C[C@@H](C)N2CCN3CCC2C3)N2CC1C2. The van der Waals surface area contributed by atoms with Crippen LogP contribution in [0.15, 0.2) is 0 Å². The molecule has 120 valence electrons. The molecule has 5 rings (SSSR count). The monoisotopic (exact) mass is 292 g/mol. The van der Waals surface area contributed by atoms with Gasteiger partial charge in [-0.1, -0.05) is 0 Å². The van der Waals surface area contributed by atoms with E-state index in [2.05, 4.69) is 40.4 Å². The van der Waals surface area contributed by atoms with E-state index < -0.39 is 0 Å². The quantitative estimate of drug-likeness (QED) is 0.764. The van der Waals surface area contributed by atoms with Crippen molar-refractivity contribution in [2.45, 2.75) is 63.8 Å². The normalized spacial score (nSPS) is 44.9. The lowest BCUT2D eigenvalue weighted by Crippen LogP contribution is -2.72. The van der Waals surface area contributed by atoms with E-state index in [9.17, 15) is 0 Å². The summed E-state index contributed by atoms with van der Waals surface area (Å²) in [6, 6.07) is 3.98. The maximum absolute atomic E-state index is 2.83. The van der Waals surface area contributed by atoms with Gasteiger partial charge >= 0.3 is 0 Å². The summed E-state index contributed by atoms with van der Waals surface area (Å²) in [5.74, 6) is 0. The number of piperazine rings is 3. The van der Waals surface area contributed by atoms with Gasteiger partial charge in [0, 0.05) is 69.5 Å². The van der Waals surface area contributed by atoms with Crippen LogP contribution >= 0.6 is 0 Å². The van der Waals surface area contributed by atoms with Gasteiger partial charge in [0.15, 0.2) is 0 Å². The Kier molecular flexibility index (Phi) is 3.77. The molecule has 0 spiro atoms. The van der Waals surface area contributed by atoms with Crippen LogP contribution in [0, 0.1) is 0 Å². The second-order valence-electron chi connectivity index (χ2n) is 8.12. The third-order valence-electron chi connectivity index (χ3n) is 6.53. The molecule has 4 atom stereocenters. The average Bonchev–Trinajstić information content (AvgIpc) is 2.78. The molecule has 3 unspecified atom stereocenters. The molecule has 0 N–H and O–H groups in total. The molecule has 5 aliphatic rings. The first-order valence-corrected chi connectivity index (χ1v) is 9.09. The van der Waals surface area contributed by atoms with Crippen molar-refractivity contribution in [1.82, 2.24) is 19.6 Å². The second kappa shape index (κ2) is 5.48. The van der Waals surface area contributed by atoms with Gasteiger partial charge in [-0.2, -0.15) is 0 Å². The first-order chi connectivity index (χ1) is 10.1. The van der Waals surface area contributed by atoms with E-state index in [1.807, 2.05) is 0 Å². The maximum atomic E-state index is 2.83.